The van der Waals surface area contributed by atoms with Crippen molar-refractivity contribution in [1.82, 2.24) is 15.1 Å². The van der Waals surface area contributed by atoms with E-state index in [1.807, 2.05) is 5.32 Å². The summed E-state index contributed by atoms with van der Waals surface area (Å²) in [5.41, 5.74) is 0. The summed E-state index contributed by atoms with van der Waals surface area (Å²) >= 11 is 0. The smallest absolute Gasteiger partial charge is 0.328 e. The zero-order valence-electron chi connectivity index (χ0n) is 12.5. The molecule has 11 nitrogen and oxygen atoms in total. The first-order valence-electron chi connectivity index (χ1n) is 7.24. The molecule has 3 heterocycles. The molecule has 25 heavy (non-hydrogen) atoms. The van der Waals surface area contributed by atoms with Crippen molar-refractivity contribution >= 4 is 23.7 Å². The summed E-state index contributed by atoms with van der Waals surface area (Å²) in [7, 11) is 0. The molecular weight excluding hydrogens is 348 g/mol. The van der Waals surface area contributed by atoms with E-state index in [-0.39, 0.29) is 5.84 Å². The van der Waals surface area contributed by atoms with Crippen molar-refractivity contribution in [2.24, 2.45) is 4.99 Å². The minimum Gasteiger partial charge on any atom is -0.394 e. The number of hydrogen-bond acceptors (Lipinski definition) is 7. The fourth-order valence-corrected chi connectivity index (χ4v) is 2.98. The van der Waals surface area contributed by atoms with Crippen LogP contribution in [0.25, 0.3) is 0 Å². The van der Waals surface area contributed by atoms with Crippen molar-refractivity contribution in [1.29, 1.82) is 5.41 Å². The van der Waals surface area contributed by atoms with Crippen molar-refractivity contribution < 1.29 is 38.4 Å². The number of alkyl halides is 2. The lowest BCUT2D eigenvalue weighted by Crippen LogP contribution is -2.54. The Labute approximate surface area is 139 Å². The molecule has 5 N–H and O–H groups in total. The van der Waals surface area contributed by atoms with Crippen LogP contribution in [0.3, 0.4) is 0 Å². The van der Waals surface area contributed by atoms with E-state index in [4.69, 9.17) is 15.3 Å². The van der Waals surface area contributed by atoms with Crippen molar-refractivity contribution in [3.63, 3.8) is 0 Å². The number of aliphatic imine (C=N–C) groups is 1. The molecule has 0 bridgehead atoms. The van der Waals surface area contributed by atoms with Gasteiger partial charge in [0.05, 0.1) is 13.2 Å². The van der Waals surface area contributed by atoms with Gasteiger partial charge in [-0.3, -0.25) is 20.4 Å². The van der Waals surface area contributed by atoms with E-state index >= 15 is 0 Å². The lowest BCUT2D eigenvalue weighted by molar-refractivity contribution is -0.122. The van der Waals surface area contributed by atoms with Gasteiger partial charge in [-0.25, -0.2) is 18.5 Å². The number of fused-ring (bicyclic) bond motifs is 1. The fourth-order valence-electron chi connectivity index (χ4n) is 2.98. The Bertz CT molecular complexity index is 645. The largest absolute Gasteiger partial charge is 0.394 e. The first kappa shape index (κ1) is 17.6. The molecule has 0 saturated carbocycles. The van der Waals surface area contributed by atoms with E-state index in [1.165, 1.54) is 0 Å². The summed E-state index contributed by atoms with van der Waals surface area (Å²) in [5, 5.41) is 38.5. The average Bonchev–Trinajstić information content (AvgIpc) is 2.95. The number of aliphatic hydroxyl groups is 3. The van der Waals surface area contributed by atoms with Crippen LogP contribution in [0.1, 0.15) is 0 Å². The highest BCUT2D eigenvalue weighted by Gasteiger charge is 2.57. The van der Waals surface area contributed by atoms with E-state index in [0.29, 0.717) is 9.80 Å². The van der Waals surface area contributed by atoms with E-state index in [2.05, 4.69) is 4.99 Å². The van der Waals surface area contributed by atoms with Crippen molar-refractivity contribution in [3.8, 4) is 0 Å². The van der Waals surface area contributed by atoms with Crippen LogP contribution in [0.2, 0.25) is 0 Å². The van der Waals surface area contributed by atoms with E-state index in [9.17, 15) is 28.6 Å². The van der Waals surface area contributed by atoms with Gasteiger partial charge in [0.2, 0.25) is 5.96 Å². The van der Waals surface area contributed by atoms with Crippen LogP contribution in [-0.2, 0) is 9.53 Å². The summed E-state index contributed by atoms with van der Waals surface area (Å²) < 4.78 is 30.8. The number of guanidine groups is 1. The maximum Gasteiger partial charge on any atom is 0.328 e. The summed E-state index contributed by atoms with van der Waals surface area (Å²) in [6.45, 7) is -1.74. The number of amidine groups is 1. The summed E-state index contributed by atoms with van der Waals surface area (Å²) in [6.07, 6.45) is -8.92. The van der Waals surface area contributed by atoms with Crippen molar-refractivity contribution in [2.75, 3.05) is 13.2 Å². The molecule has 5 atom stereocenters. The van der Waals surface area contributed by atoms with Gasteiger partial charge in [-0.2, -0.15) is 4.99 Å². The van der Waals surface area contributed by atoms with Crippen LogP contribution >= 0.6 is 0 Å². The maximum atomic E-state index is 12.8. The number of halogens is 2. The van der Waals surface area contributed by atoms with Gasteiger partial charge in [0.15, 0.2) is 18.1 Å². The van der Waals surface area contributed by atoms with Gasteiger partial charge in [0.1, 0.15) is 18.3 Å². The first-order chi connectivity index (χ1) is 11.8. The molecule has 138 valence electrons. The molecule has 3 aliphatic rings. The van der Waals surface area contributed by atoms with Crippen LogP contribution in [0.4, 0.5) is 13.6 Å². The number of amides is 3. The van der Waals surface area contributed by atoms with E-state index in [1.54, 1.807) is 0 Å². The highest BCUT2D eigenvalue weighted by Crippen LogP contribution is 2.31. The van der Waals surface area contributed by atoms with Crippen LogP contribution in [-0.4, -0.2) is 99.0 Å². The topological polar surface area (TPSA) is 159 Å². The Kier molecular flexibility index (Phi) is 4.40. The van der Waals surface area contributed by atoms with Crippen molar-refractivity contribution in [2.45, 2.75) is 37.0 Å². The number of hydrogen-bond donors (Lipinski definition) is 5. The molecule has 2 fully saturated rings. The number of nitrogens with one attached hydrogen (secondary N) is 2. The Hall–Kier alpha value is -2.22. The molecule has 2 saturated heterocycles. The number of aliphatic hydroxyl groups excluding tert-OH is 3. The zero-order valence-corrected chi connectivity index (χ0v) is 12.5. The van der Waals surface area contributed by atoms with Gasteiger partial charge >= 0.3 is 6.03 Å². The molecule has 0 aromatic rings. The van der Waals surface area contributed by atoms with Gasteiger partial charge in [-0.1, -0.05) is 0 Å². The Morgan fingerprint density at radius 2 is 2.00 bits per heavy atom. The van der Waals surface area contributed by atoms with Gasteiger partial charge in [0.25, 0.3) is 12.3 Å². The Morgan fingerprint density at radius 3 is 2.56 bits per heavy atom. The summed E-state index contributed by atoms with van der Waals surface area (Å²) in [4.78, 5) is 29.5. The number of carbonyl (C=O) groups is 2. The third-order valence-electron chi connectivity index (χ3n) is 4.08. The molecule has 0 radical (unpaired) electrons. The molecule has 3 aliphatic heterocycles. The number of ether oxygens (including phenoxy) is 1. The zero-order chi connectivity index (χ0) is 18.5. The molecule has 0 spiro atoms. The third-order valence-corrected chi connectivity index (χ3v) is 4.08. The number of rotatable bonds is 4. The minimum atomic E-state index is -2.94. The van der Waals surface area contributed by atoms with Crippen LogP contribution in [0, 0.1) is 5.41 Å². The first-order valence-corrected chi connectivity index (χ1v) is 7.24. The molecule has 13 heteroatoms. The molecule has 3 amide bonds. The van der Waals surface area contributed by atoms with Crippen LogP contribution < -0.4 is 5.32 Å². The minimum absolute atomic E-state index is 0.366. The molecular formula is C12H15F2N5O6. The standard InChI is InChI=1S/C12H15F2N5O6/c13-4(14)1-18-5-8(16-11(15)17-9(5)23)19(12(18)24)10-7(22)6(21)3(2-20)25-10/h3-7,10,20-22H,1-2H2,(H2,15,17,23)/t3-,5?,6+,7-,10-/m1/s1. The molecule has 0 aliphatic carbocycles. The second kappa shape index (κ2) is 6.25. The normalized spacial score (nSPS) is 35.4. The lowest BCUT2D eigenvalue weighted by atomic mass is 10.1. The summed E-state index contributed by atoms with van der Waals surface area (Å²) in [6, 6.07) is -2.61. The molecule has 3 rings (SSSR count). The quantitative estimate of drug-likeness (QED) is 0.364. The summed E-state index contributed by atoms with van der Waals surface area (Å²) in [5.74, 6) is -1.88. The highest BCUT2D eigenvalue weighted by molar-refractivity contribution is 6.25. The van der Waals surface area contributed by atoms with Gasteiger partial charge in [-0.15, -0.1) is 0 Å². The number of carbonyl (C=O) groups excluding carboxylic acids is 2. The second-order valence-electron chi connectivity index (χ2n) is 5.64. The number of urea groups is 1. The van der Waals surface area contributed by atoms with Gasteiger partial charge < -0.3 is 20.1 Å². The fraction of sp³-hybridized carbons (Fsp3) is 0.667. The average molecular weight is 363 g/mol. The number of nitrogens with zero attached hydrogens (tertiary/aromatic N) is 3. The van der Waals surface area contributed by atoms with Gasteiger partial charge in [-0.05, 0) is 0 Å². The highest BCUT2D eigenvalue weighted by atomic mass is 19.3. The second-order valence-corrected chi connectivity index (χ2v) is 5.64. The van der Waals surface area contributed by atoms with E-state index in [0.717, 1.165) is 0 Å². The SMILES string of the molecule is N=C1N=C2C(C(=O)N1)N(CC(F)F)C(=O)N2[C@@H]1O[C@H](CO)[C@H](O)[C@H]1O. The van der Waals surface area contributed by atoms with Crippen LogP contribution in [0.5, 0.6) is 0 Å². The molecule has 0 aromatic carbocycles. The van der Waals surface area contributed by atoms with Gasteiger partial charge in [0, 0.05) is 0 Å². The predicted molar refractivity (Wildman–Crippen MR) is 74.8 cm³/mol. The monoisotopic (exact) mass is 363 g/mol. The molecule has 0 aromatic heterocycles. The maximum absolute atomic E-state index is 12.8. The third kappa shape index (κ3) is 2.74. The van der Waals surface area contributed by atoms with Crippen LogP contribution in [0.15, 0.2) is 4.99 Å². The van der Waals surface area contributed by atoms with Crippen molar-refractivity contribution in [3.05, 3.63) is 0 Å². The lowest BCUT2D eigenvalue weighted by Gasteiger charge is -2.26. The predicted octanol–water partition coefficient (Wildman–Crippen LogP) is -2.74. The molecule has 1 unspecified atom stereocenters. The Balaban J connectivity index is 1.99. The van der Waals surface area contributed by atoms with E-state index < -0.39 is 68.1 Å². The Morgan fingerprint density at radius 1 is 1.32 bits per heavy atom.